The van der Waals surface area contributed by atoms with Gasteiger partial charge in [0, 0.05) is 28.3 Å². The second kappa shape index (κ2) is 6.81. The Bertz CT molecular complexity index is 776. The first-order valence-corrected chi connectivity index (χ1v) is 8.42. The Morgan fingerprint density at radius 2 is 2.12 bits per heavy atom. The second-order valence-corrected chi connectivity index (χ2v) is 6.64. The minimum atomic E-state index is -0.00227. The highest BCUT2D eigenvalue weighted by Gasteiger charge is 2.44. The molecule has 0 saturated heterocycles. The van der Waals surface area contributed by atoms with Crippen LogP contribution in [0.3, 0.4) is 0 Å². The van der Waals surface area contributed by atoms with Crippen LogP contribution < -0.4 is 10.1 Å². The number of nitrogens with one attached hydrogen (secondary N) is 1. The minimum Gasteiger partial charge on any atom is -0.496 e. The molecule has 0 radical (unpaired) electrons. The van der Waals surface area contributed by atoms with E-state index in [0.717, 1.165) is 39.6 Å². The number of halogens is 1. The Kier molecular flexibility index (Phi) is 4.76. The van der Waals surface area contributed by atoms with Crippen molar-refractivity contribution >= 4 is 17.5 Å². The van der Waals surface area contributed by atoms with Gasteiger partial charge in [-0.15, -0.1) is 0 Å². The van der Waals surface area contributed by atoms with Gasteiger partial charge in [0.25, 0.3) is 0 Å². The molecule has 2 aromatic rings. The number of pyridine rings is 1. The Balaban J connectivity index is 1.63. The maximum Gasteiger partial charge on any atom is 0.224 e. The minimum absolute atomic E-state index is 0.00227. The van der Waals surface area contributed by atoms with E-state index in [1.807, 2.05) is 38.1 Å². The van der Waals surface area contributed by atoms with Gasteiger partial charge in [-0.3, -0.25) is 9.78 Å². The van der Waals surface area contributed by atoms with Crippen LogP contribution in [0.1, 0.15) is 34.7 Å². The van der Waals surface area contributed by atoms with Crippen LogP contribution in [0.5, 0.6) is 5.75 Å². The lowest BCUT2D eigenvalue weighted by Gasteiger charge is -2.13. The van der Waals surface area contributed by atoms with Gasteiger partial charge in [-0.05, 0) is 37.8 Å². The van der Waals surface area contributed by atoms with Crippen molar-refractivity contribution in [1.29, 1.82) is 0 Å². The van der Waals surface area contributed by atoms with Gasteiger partial charge in [0.15, 0.2) is 0 Å². The molecule has 126 valence electrons. The molecule has 0 bridgehead atoms. The largest absolute Gasteiger partial charge is 0.496 e. The van der Waals surface area contributed by atoms with Crippen LogP contribution in [-0.4, -0.2) is 18.0 Å². The zero-order valence-corrected chi connectivity index (χ0v) is 14.9. The molecule has 1 heterocycles. The summed E-state index contributed by atoms with van der Waals surface area (Å²) in [6.45, 7) is 4.33. The van der Waals surface area contributed by atoms with E-state index < -0.39 is 0 Å². The Morgan fingerprint density at radius 1 is 1.38 bits per heavy atom. The lowest BCUT2D eigenvalue weighted by molar-refractivity contribution is -0.122. The first-order valence-electron chi connectivity index (χ1n) is 8.04. The van der Waals surface area contributed by atoms with Gasteiger partial charge < -0.3 is 10.1 Å². The summed E-state index contributed by atoms with van der Waals surface area (Å²) in [5.41, 5.74) is 3.86. The molecule has 1 N–H and O–H groups in total. The van der Waals surface area contributed by atoms with E-state index in [1.54, 1.807) is 13.3 Å². The number of carbonyl (C=O) groups is 1. The zero-order valence-electron chi connectivity index (χ0n) is 14.1. The summed E-state index contributed by atoms with van der Waals surface area (Å²) in [5.74, 6) is 1.10. The number of rotatable bonds is 5. The van der Waals surface area contributed by atoms with Crippen LogP contribution in [0.4, 0.5) is 0 Å². The summed E-state index contributed by atoms with van der Waals surface area (Å²) in [6, 6.07) is 7.73. The van der Waals surface area contributed by atoms with Crippen molar-refractivity contribution in [3.05, 3.63) is 57.9 Å². The van der Waals surface area contributed by atoms with E-state index in [1.165, 1.54) is 0 Å². The average molecular weight is 345 g/mol. The number of amides is 1. The van der Waals surface area contributed by atoms with Crippen molar-refractivity contribution in [3.63, 3.8) is 0 Å². The summed E-state index contributed by atoms with van der Waals surface area (Å²) in [7, 11) is 1.65. The summed E-state index contributed by atoms with van der Waals surface area (Å²) < 4.78 is 5.40. The number of nitrogens with zero attached hydrogens (tertiary/aromatic N) is 1. The molecular weight excluding hydrogens is 324 g/mol. The molecule has 1 aromatic carbocycles. The van der Waals surface area contributed by atoms with Gasteiger partial charge in [0.05, 0.1) is 19.3 Å². The van der Waals surface area contributed by atoms with Crippen molar-refractivity contribution in [1.82, 2.24) is 10.3 Å². The van der Waals surface area contributed by atoms with E-state index in [0.29, 0.717) is 6.54 Å². The van der Waals surface area contributed by atoms with Crippen molar-refractivity contribution in [2.45, 2.75) is 32.7 Å². The first kappa shape index (κ1) is 16.8. The van der Waals surface area contributed by atoms with Gasteiger partial charge >= 0.3 is 0 Å². The van der Waals surface area contributed by atoms with E-state index in [2.05, 4.69) is 10.3 Å². The monoisotopic (exact) mass is 344 g/mol. The standard InChI is InChI=1S/C19H21ClN2O2/c1-11-9-21-17(12(2)18(11)24-3)10-22-19(23)15-8-14(15)13-6-4-5-7-16(13)20/h4-7,9,14-15H,8,10H2,1-3H3,(H,22,23)/t14-,15-/m0/s1. The fourth-order valence-electron chi connectivity index (χ4n) is 3.16. The number of methoxy groups -OCH3 is 1. The normalized spacial score (nSPS) is 19.0. The van der Waals surface area contributed by atoms with E-state index in [4.69, 9.17) is 16.3 Å². The number of carbonyl (C=O) groups excluding carboxylic acids is 1. The van der Waals surface area contributed by atoms with Crippen molar-refractivity contribution in [2.75, 3.05) is 7.11 Å². The Morgan fingerprint density at radius 3 is 2.83 bits per heavy atom. The van der Waals surface area contributed by atoms with Gasteiger partial charge in [-0.25, -0.2) is 0 Å². The third-order valence-corrected chi connectivity index (χ3v) is 4.96. The number of benzene rings is 1. The van der Waals surface area contributed by atoms with Gasteiger partial charge in [0.1, 0.15) is 5.75 Å². The number of ether oxygens (including phenoxy) is 1. The number of aryl methyl sites for hydroxylation is 1. The smallest absolute Gasteiger partial charge is 0.224 e. The number of hydrogen-bond acceptors (Lipinski definition) is 3. The molecular formula is C19H21ClN2O2. The molecule has 0 aliphatic heterocycles. The predicted octanol–water partition coefficient (Wildman–Crippen LogP) is 3.78. The van der Waals surface area contributed by atoms with Crippen molar-refractivity contribution < 1.29 is 9.53 Å². The van der Waals surface area contributed by atoms with Gasteiger partial charge in [-0.1, -0.05) is 29.8 Å². The SMILES string of the molecule is COc1c(C)cnc(CNC(=O)[C@H]2C[C@H]2c2ccccc2Cl)c1C. The molecule has 1 aromatic heterocycles. The zero-order chi connectivity index (χ0) is 17.3. The predicted molar refractivity (Wildman–Crippen MR) is 94.4 cm³/mol. The number of hydrogen-bond donors (Lipinski definition) is 1. The number of aromatic nitrogens is 1. The highest BCUT2D eigenvalue weighted by molar-refractivity contribution is 6.31. The molecule has 1 amide bonds. The molecule has 1 saturated carbocycles. The molecule has 0 spiro atoms. The molecule has 0 unspecified atom stereocenters. The highest BCUT2D eigenvalue weighted by Crippen LogP contribution is 2.49. The molecule has 3 rings (SSSR count). The third-order valence-electron chi connectivity index (χ3n) is 4.61. The molecule has 1 aliphatic rings. The van der Waals surface area contributed by atoms with Gasteiger partial charge in [-0.2, -0.15) is 0 Å². The molecule has 2 atom stereocenters. The maximum atomic E-state index is 12.4. The summed E-state index contributed by atoms with van der Waals surface area (Å²) in [4.78, 5) is 16.8. The molecule has 1 aliphatic carbocycles. The second-order valence-electron chi connectivity index (χ2n) is 6.23. The Hall–Kier alpha value is -2.07. The topological polar surface area (TPSA) is 51.2 Å². The van der Waals surface area contributed by atoms with Crippen LogP contribution in [0.2, 0.25) is 5.02 Å². The van der Waals surface area contributed by atoms with Gasteiger partial charge in [0.2, 0.25) is 5.91 Å². The summed E-state index contributed by atoms with van der Waals surface area (Å²) in [5, 5.41) is 3.73. The average Bonchev–Trinajstić information content (AvgIpc) is 3.35. The third kappa shape index (κ3) is 3.24. The Labute approximate surface area is 147 Å². The molecule has 1 fully saturated rings. The fraction of sp³-hybridized carbons (Fsp3) is 0.368. The van der Waals surface area contributed by atoms with Crippen LogP contribution in [-0.2, 0) is 11.3 Å². The summed E-state index contributed by atoms with van der Waals surface area (Å²) >= 11 is 6.22. The quantitative estimate of drug-likeness (QED) is 0.898. The van der Waals surface area contributed by atoms with Crippen LogP contribution in [0, 0.1) is 19.8 Å². The molecule has 4 nitrogen and oxygen atoms in total. The van der Waals surface area contributed by atoms with Crippen LogP contribution in [0.15, 0.2) is 30.5 Å². The molecule has 5 heteroatoms. The highest BCUT2D eigenvalue weighted by atomic mass is 35.5. The van der Waals surface area contributed by atoms with Crippen molar-refractivity contribution in [3.8, 4) is 5.75 Å². The van der Waals surface area contributed by atoms with E-state index in [-0.39, 0.29) is 17.7 Å². The summed E-state index contributed by atoms with van der Waals surface area (Å²) in [6.07, 6.45) is 2.62. The van der Waals surface area contributed by atoms with Crippen molar-refractivity contribution in [2.24, 2.45) is 5.92 Å². The lowest BCUT2D eigenvalue weighted by Crippen LogP contribution is -2.26. The molecule has 24 heavy (non-hydrogen) atoms. The van der Waals surface area contributed by atoms with E-state index in [9.17, 15) is 4.79 Å². The first-order chi connectivity index (χ1) is 11.5. The van der Waals surface area contributed by atoms with Crippen LogP contribution >= 0.6 is 11.6 Å². The fourth-order valence-corrected chi connectivity index (χ4v) is 3.43. The van der Waals surface area contributed by atoms with Crippen LogP contribution in [0.25, 0.3) is 0 Å². The maximum absolute atomic E-state index is 12.4. The van der Waals surface area contributed by atoms with E-state index >= 15 is 0 Å². The lowest BCUT2D eigenvalue weighted by atomic mass is 10.1.